The monoisotopic (exact) mass is 437 g/mol. The van der Waals surface area contributed by atoms with E-state index < -0.39 is 6.04 Å². The summed E-state index contributed by atoms with van der Waals surface area (Å²) >= 11 is 0. The number of aromatic nitrogens is 3. The third-order valence-corrected chi connectivity index (χ3v) is 5.42. The van der Waals surface area contributed by atoms with Crippen molar-refractivity contribution in [1.29, 1.82) is 0 Å². The smallest absolute Gasteiger partial charge is 0.268 e. The number of nitrogens with zero attached hydrogens (tertiary/aromatic N) is 3. The zero-order valence-corrected chi connectivity index (χ0v) is 17.8. The first-order valence-corrected chi connectivity index (χ1v) is 10.4. The Balaban J connectivity index is 1.55. The lowest BCUT2D eigenvalue weighted by molar-refractivity contribution is 0.0774. The summed E-state index contributed by atoms with van der Waals surface area (Å²) in [5.41, 5.74) is 2.19. The molecule has 0 radical (unpaired) electrons. The van der Waals surface area contributed by atoms with Crippen LogP contribution < -0.4 is 10.6 Å². The second-order valence-corrected chi connectivity index (χ2v) is 7.64. The highest BCUT2D eigenvalue weighted by Crippen LogP contribution is 2.23. The molecule has 1 aliphatic rings. The second-order valence-electron chi connectivity index (χ2n) is 7.64. The van der Waals surface area contributed by atoms with Crippen LogP contribution in [0.5, 0.6) is 0 Å². The molecule has 3 aromatic rings. The molecule has 0 aliphatic carbocycles. The van der Waals surface area contributed by atoms with Crippen LogP contribution in [-0.4, -0.2) is 33.0 Å². The molecule has 1 aliphatic heterocycles. The molecule has 0 bridgehead atoms. The molecule has 1 unspecified atom stereocenters. The highest BCUT2D eigenvalue weighted by Gasteiger charge is 2.27. The van der Waals surface area contributed by atoms with Gasteiger partial charge in [0.15, 0.2) is 0 Å². The maximum atomic E-state index is 13.2. The van der Waals surface area contributed by atoms with Gasteiger partial charge in [-0.25, -0.2) is 14.4 Å². The number of ether oxygens (including phenoxy) is 1. The van der Waals surface area contributed by atoms with Gasteiger partial charge in [0.25, 0.3) is 11.8 Å². The highest BCUT2D eigenvalue weighted by molar-refractivity contribution is 6.01. The Morgan fingerprint density at radius 3 is 2.47 bits per heavy atom. The molecule has 3 heterocycles. The Morgan fingerprint density at radius 2 is 1.75 bits per heavy atom. The van der Waals surface area contributed by atoms with Gasteiger partial charge >= 0.3 is 0 Å². The predicted molar refractivity (Wildman–Crippen MR) is 114 cm³/mol. The van der Waals surface area contributed by atoms with E-state index in [9.17, 15) is 14.0 Å². The molecular weight excluding hydrogens is 413 g/mol. The minimum atomic E-state index is -0.403. The Bertz CT molecular complexity index is 1110. The summed E-state index contributed by atoms with van der Waals surface area (Å²) in [6.07, 6.45) is 3.23. The number of carbonyl (C=O) groups excluding carboxylic acids is 2. The number of benzene rings is 1. The number of rotatable bonds is 6. The molecule has 166 valence electrons. The van der Waals surface area contributed by atoms with Gasteiger partial charge in [0.2, 0.25) is 0 Å². The first-order chi connectivity index (χ1) is 15.4. The second kappa shape index (κ2) is 9.27. The fraction of sp³-hybridized carbons (Fsp3) is 0.304. The van der Waals surface area contributed by atoms with E-state index in [0.29, 0.717) is 35.9 Å². The van der Waals surface area contributed by atoms with Crippen molar-refractivity contribution in [3.05, 3.63) is 82.9 Å². The number of halogens is 1. The molecule has 2 aromatic heterocycles. The van der Waals surface area contributed by atoms with Crippen LogP contribution in [0.25, 0.3) is 0 Å². The van der Waals surface area contributed by atoms with E-state index in [0.717, 1.165) is 5.56 Å². The standard InChI is InChI=1S/C23H24FN5O3/c1-14(16-4-6-17(24)7-5-16)27-23(31)19-12-18(20-13-32-11-10-29(19)20)22(30)28-15(2)21-25-8-3-9-26-21/h3-9,12,14-15H,10-11,13H2,1-2H3,(H,27,31)(H,28,30)/t14-,15?/m1/s1. The zero-order chi connectivity index (χ0) is 22.7. The Hall–Kier alpha value is -3.59. The highest BCUT2D eigenvalue weighted by atomic mass is 19.1. The Labute approximate surface area is 184 Å². The fourth-order valence-corrected chi connectivity index (χ4v) is 3.69. The van der Waals surface area contributed by atoms with E-state index in [1.807, 2.05) is 11.5 Å². The van der Waals surface area contributed by atoms with E-state index in [4.69, 9.17) is 4.74 Å². The maximum Gasteiger partial charge on any atom is 0.268 e. The summed E-state index contributed by atoms with van der Waals surface area (Å²) in [5.74, 6) is -0.483. The molecule has 2 N–H and O–H groups in total. The van der Waals surface area contributed by atoms with Crippen LogP contribution in [0.4, 0.5) is 4.39 Å². The molecule has 0 spiro atoms. The van der Waals surface area contributed by atoms with Crippen LogP contribution in [0.3, 0.4) is 0 Å². The number of amides is 2. The SMILES string of the molecule is CC(NC(=O)c1cc(C(=O)N[C@H](C)c2ccc(F)cc2)n2c1COCC2)c1ncccn1. The summed E-state index contributed by atoms with van der Waals surface area (Å²) in [6.45, 7) is 4.77. The third kappa shape index (κ3) is 4.52. The first-order valence-electron chi connectivity index (χ1n) is 10.4. The van der Waals surface area contributed by atoms with Gasteiger partial charge < -0.3 is 19.9 Å². The van der Waals surface area contributed by atoms with Gasteiger partial charge in [-0.3, -0.25) is 9.59 Å². The molecule has 8 nitrogen and oxygen atoms in total. The van der Waals surface area contributed by atoms with Crippen molar-refractivity contribution in [3.8, 4) is 0 Å². The maximum absolute atomic E-state index is 13.2. The van der Waals surface area contributed by atoms with Gasteiger partial charge in [-0.2, -0.15) is 0 Å². The molecule has 2 amide bonds. The molecule has 9 heteroatoms. The van der Waals surface area contributed by atoms with Crippen LogP contribution in [0.15, 0.2) is 48.8 Å². The van der Waals surface area contributed by atoms with Crippen molar-refractivity contribution >= 4 is 11.8 Å². The summed E-state index contributed by atoms with van der Waals surface area (Å²) in [4.78, 5) is 34.4. The molecular formula is C23H24FN5O3. The van der Waals surface area contributed by atoms with Gasteiger partial charge in [0, 0.05) is 18.9 Å². The van der Waals surface area contributed by atoms with Crippen molar-refractivity contribution in [2.75, 3.05) is 6.61 Å². The predicted octanol–water partition coefficient (Wildman–Crippen LogP) is 2.93. The van der Waals surface area contributed by atoms with Gasteiger partial charge in [-0.15, -0.1) is 0 Å². The average molecular weight is 437 g/mol. The van der Waals surface area contributed by atoms with E-state index in [1.54, 1.807) is 43.6 Å². The quantitative estimate of drug-likeness (QED) is 0.618. The zero-order valence-electron chi connectivity index (χ0n) is 17.8. The number of hydrogen-bond acceptors (Lipinski definition) is 5. The Kier molecular flexibility index (Phi) is 6.27. The van der Waals surface area contributed by atoms with Crippen LogP contribution in [0.1, 0.15) is 63.9 Å². The molecule has 0 fully saturated rings. The van der Waals surface area contributed by atoms with Crippen molar-refractivity contribution in [2.45, 2.75) is 39.1 Å². The van der Waals surface area contributed by atoms with Gasteiger partial charge in [0.1, 0.15) is 17.3 Å². The number of hydrogen-bond donors (Lipinski definition) is 2. The molecule has 0 saturated carbocycles. The van der Waals surface area contributed by atoms with Crippen LogP contribution in [-0.2, 0) is 17.9 Å². The Morgan fingerprint density at radius 1 is 1.06 bits per heavy atom. The van der Waals surface area contributed by atoms with Gasteiger partial charge in [-0.1, -0.05) is 12.1 Å². The van der Waals surface area contributed by atoms with Crippen LogP contribution >= 0.6 is 0 Å². The van der Waals surface area contributed by atoms with E-state index in [-0.39, 0.29) is 30.3 Å². The lowest BCUT2D eigenvalue weighted by atomic mass is 10.1. The fourth-order valence-electron chi connectivity index (χ4n) is 3.69. The summed E-state index contributed by atoms with van der Waals surface area (Å²) < 4.78 is 20.5. The minimum absolute atomic E-state index is 0.236. The topological polar surface area (TPSA) is 98.1 Å². The van der Waals surface area contributed by atoms with Crippen LogP contribution in [0.2, 0.25) is 0 Å². The summed E-state index contributed by atoms with van der Waals surface area (Å²) in [5, 5.41) is 5.81. The number of carbonyl (C=O) groups is 2. The normalized spacial score (nSPS) is 14.8. The van der Waals surface area contributed by atoms with Gasteiger partial charge in [0.05, 0.1) is 36.6 Å². The largest absolute Gasteiger partial charge is 0.373 e. The molecule has 0 saturated heterocycles. The van der Waals surface area contributed by atoms with E-state index >= 15 is 0 Å². The first kappa shape index (κ1) is 21.6. The molecule has 2 atom stereocenters. The van der Waals surface area contributed by atoms with Crippen molar-refractivity contribution < 1.29 is 18.7 Å². The van der Waals surface area contributed by atoms with Crippen molar-refractivity contribution in [1.82, 2.24) is 25.2 Å². The molecule has 4 rings (SSSR count). The minimum Gasteiger partial charge on any atom is -0.373 e. The van der Waals surface area contributed by atoms with Crippen molar-refractivity contribution in [2.24, 2.45) is 0 Å². The third-order valence-electron chi connectivity index (χ3n) is 5.42. The summed E-state index contributed by atoms with van der Waals surface area (Å²) in [6, 6.07) is 8.54. The number of nitrogens with one attached hydrogen (secondary N) is 2. The van der Waals surface area contributed by atoms with E-state index in [2.05, 4.69) is 20.6 Å². The average Bonchev–Trinajstić information content (AvgIpc) is 3.20. The lowest BCUT2D eigenvalue weighted by Crippen LogP contribution is -2.30. The molecule has 1 aromatic carbocycles. The summed E-state index contributed by atoms with van der Waals surface area (Å²) in [7, 11) is 0. The molecule has 32 heavy (non-hydrogen) atoms. The number of fused-ring (bicyclic) bond motifs is 1. The van der Waals surface area contributed by atoms with Crippen molar-refractivity contribution in [3.63, 3.8) is 0 Å². The lowest BCUT2D eigenvalue weighted by Gasteiger charge is -2.20. The van der Waals surface area contributed by atoms with Gasteiger partial charge in [-0.05, 0) is 43.7 Å². The van der Waals surface area contributed by atoms with E-state index in [1.165, 1.54) is 12.1 Å². The van der Waals surface area contributed by atoms with Crippen LogP contribution in [0, 0.1) is 5.82 Å².